The fraction of sp³-hybridized carbons (Fsp3) is 0.208. The van der Waals surface area contributed by atoms with E-state index in [1.165, 1.54) is 44.2 Å². The number of aromatic nitrogens is 3. The van der Waals surface area contributed by atoms with Gasteiger partial charge in [-0.05, 0) is 30.3 Å². The van der Waals surface area contributed by atoms with Gasteiger partial charge in [0.15, 0.2) is 11.0 Å². The van der Waals surface area contributed by atoms with E-state index >= 15 is 0 Å². The van der Waals surface area contributed by atoms with Crippen molar-refractivity contribution < 1.29 is 28.6 Å². The van der Waals surface area contributed by atoms with Crippen LogP contribution in [0.15, 0.2) is 60.3 Å². The van der Waals surface area contributed by atoms with E-state index in [9.17, 15) is 14.4 Å². The van der Waals surface area contributed by atoms with E-state index < -0.39 is 11.9 Å². The molecule has 1 aromatic heterocycles. The summed E-state index contributed by atoms with van der Waals surface area (Å²) in [6.45, 7) is 4.23. The Labute approximate surface area is 206 Å². The molecule has 0 saturated heterocycles. The summed E-state index contributed by atoms with van der Waals surface area (Å²) >= 11 is 1.18. The molecule has 1 N–H and O–H groups in total. The van der Waals surface area contributed by atoms with Gasteiger partial charge in [0.05, 0.1) is 38.2 Å². The molecule has 11 heteroatoms. The molecule has 0 fully saturated rings. The molecule has 0 spiro atoms. The number of allylic oxidation sites excluding steroid dienone is 1. The third-order valence-corrected chi connectivity index (χ3v) is 5.71. The Kier molecular flexibility index (Phi) is 8.63. The second kappa shape index (κ2) is 11.8. The molecule has 0 unspecified atom stereocenters. The lowest BCUT2D eigenvalue weighted by Gasteiger charge is -2.10. The molecule has 10 nitrogen and oxygen atoms in total. The van der Waals surface area contributed by atoms with Crippen LogP contribution in [0.3, 0.4) is 0 Å². The second-order valence-electron chi connectivity index (χ2n) is 7.06. The monoisotopic (exact) mass is 496 g/mol. The van der Waals surface area contributed by atoms with E-state index in [1.807, 2.05) is 28.8 Å². The second-order valence-corrected chi connectivity index (χ2v) is 8.00. The molecule has 182 valence electrons. The summed E-state index contributed by atoms with van der Waals surface area (Å²) in [5.74, 6) is -0.371. The largest absolute Gasteiger partial charge is 0.497 e. The SMILES string of the molecule is C=CCn1c(SCC(=O)Nc2cc(C(=O)OC)cc(C(=O)OC)c2)nnc1-c1cccc(OC)c1. The van der Waals surface area contributed by atoms with Crippen LogP contribution in [0, 0.1) is 0 Å². The Bertz CT molecular complexity index is 1220. The van der Waals surface area contributed by atoms with Gasteiger partial charge in [0.2, 0.25) is 5.91 Å². The van der Waals surface area contributed by atoms with Crippen LogP contribution in [0.4, 0.5) is 5.69 Å². The molecular weight excluding hydrogens is 472 g/mol. The van der Waals surface area contributed by atoms with Gasteiger partial charge in [0.1, 0.15) is 5.75 Å². The van der Waals surface area contributed by atoms with Crippen molar-refractivity contribution >= 4 is 35.3 Å². The van der Waals surface area contributed by atoms with Crippen LogP contribution >= 0.6 is 11.8 Å². The van der Waals surface area contributed by atoms with Gasteiger partial charge in [-0.25, -0.2) is 9.59 Å². The number of methoxy groups -OCH3 is 3. The van der Waals surface area contributed by atoms with Gasteiger partial charge >= 0.3 is 11.9 Å². The number of benzene rings is 2. The van der Waals surface area contributed by atoms with Crippen molar-refractivity contribution in [3.63, 3.8) is 0 Å². The summed E-state index contributed by atoms with van der Waals surface area (Å²) in [5, 5.41) is 11.7. The van der Waals surface area contributed by atoms with Crippen molar-refractivity contribution in [3.05, 3.63) is 66.2 Å². The minimum Gasteiger partial charge on any atom is -0.497 e. The molecule has 3 rings (SSSR count). The van der Waals surface area contributed by atoms with Crippen LogP contribution in [0.1, 0.15) is 20.7 Å². The maximum absolute atomic E-state index is 12.7. The van der Waals surface area contributed by atoms with Crippen molar-refractivity contribution in [1.82, 2.24) is 14.8 Å². The summed E-state index contributed by atoms with van der Waals surface area (Å²) in [4.78, 5) is 36.6. The summed E-state index contributed by atoms with van der Waals surface area (Å²) in [7, 11) is 4.03. The number of nitrogens with zero attached hydrogens (tertiary/aromatic N) is 3. The highest BCUT2D eigenvalue weighted by atomic mass is 32.2. The Balaban J connectivity index is 1.77. The Morgan fingerprint density at radius 1 is 1.03 bits per heavy atom. The van der Waals surface area contributed by atoms with Gasteiger partial charge in [-0.2, -0.15) is 0 Å². The van der Waals surface area contributed by atoms with E-state index in [0.29, 0.717) is 23.3 Å². The maximum atomic E-state index is 12.7. The summed E-state index contributed by atoms with van der Waals surface area (Å²) < 4.78 is 16.6. The third-order valence-electron chi connectivity index (χ3n) is 4.75. The van der Waals surface area contributed by atoms with E-state index in [-0.39, 0.29) is 28.5 Å². The number of thioether (sulfide) groups is 1. The number of anilines is 1. The van der Waals surface area contributed by atoms with Crippen molar-refractivity contribution in [1.29, 1.82) is 0 Å². The molecule has 1 heterocycles. The number of ether oxygens (including phenoxy) is 3. The lowest BCUT2D eigenvalue weighted by Crippen LogP contribution is -2.16. The minimum atomic E-state index is -0.650. The minimum absolute atomic E-state index is 0.00337. The molecule has 0 saturated carbocycles. The van der Waals surface area contributed by atoms with Gasteiger partial charge in [-0.15, -0.1) is 16.8 Å². The number of nitrogens with one attached hydrogen (secondary N) is 1. The van der Waals surface area contributed by atoms with Crippen molar-refractivity contribution in [2.24, 2.45) is 0 Å². The van der Waals surface area contributed by atoms with Crippen molar-refractivity contribution in [3.8, 4) is 17.1 Å². The Hall–Kier alpha value is -4.12. The summed E-state index contributed by atoms with van der Waals surface area (Å²) in [5.41, 5.74) is 1.27. The highest BCUT2D eigenvalue weighted by Crippen LogP contribution is 2.27. The topological polar surface area (TPSA) is 122 Å². The number of hydrogen-bond donors (Lipinski definition) is 1. The third kappa shape index (κ3) is 6.27. The first-order valence-corrected chi connectivity index (χ1v) is 11.3. The van der Waals surface area contributed by atoms with Crippen LogP contribution in [-0.4, -0.2) is 59.7 Å². The molecule has 0 atom stereocenters. The first kappa shape index (κ1) is 25.5. The smallest absolute Gasteiger partial charge is 0.337 e. The average molecular weight is 497 g/mol. The highest BCUT2D eigenvalue weighted by Gasteiger charge is 2.17. The predicted molar refractivity (Wildman–Crippen MR) is 131 cm³/mol. The quantitative estimate of drug-likeness (QED) is 0.255. The van der Waals surface area contributed by atoms with E-state index in [1.54, 1.807) is 13.2 Å². The van der Waals surface area contributed by atoms with E-state index in [4.69, 9.17) is 14.2 Å². The van der Waals surface area contributed by atoms with Crippen molar-refractivity contribution in [2.45, 2.75) is 11.7 Å². The Morgan fingerprint density at radius 3 is 2.31 bits per heavy atom. The van der Waals surface area contributed by atoms with Crippen LogP contribution < -0.4 is 10.1 Å². The lowest BCUT2D eigenvalue weighted by molar-refractivity contribution is -0.113. The van der Waals surface area contributed by atoms with Crippen LogP contribution in [0.5, 0.6) is 5.75 Å². The van der Waals surface area contributed by atoms with Crippen LogP contribution in [-0.2, 0) is 20.8 Å². The highest BCUT2D eigenvalue weighted by molar-refractivity contribution is 7.99. The molecule has 35 heavy (non-hydrogen) atoms. The Morgan fingerprint density at radius 2 is 1.71 bits per heavy atom. The number of carbonyl (C=O) groups excluding carboxylic acids is 3. The molecule has 0 aliphatic rings. The fourth-order valence-corrected chi connectivity index (χ4v) is 3.91. The zero-order valence-corrected chi connectivity index (χ0v) is 20.3. The molecule has 1 amide bonds. The summed E-state index contributed by atoms with van der Waals surface area (Å²) in [6.07, 6.45) is 1.71. The van der Waals surface area contributed by atoms with E-state index in [0.717, 1.165) is 5.56 Å². The molecule has 0 aliphatic heterocycles. The predicted octanol–water partition coefficient (Wildman–Crippen LogP) is 3.44. The lowest BCUT2D eigenvalue weighted by atomic mass is 10.1. The number of amides is 1. The molecule has 0 bridgehead atoms. The standard InChI is InChI=1S/C24H24N4O6S/c1-5-9-28-21(15-7-6-8-19(13-15)32-2)26-27-24(28)35-14-20(29)25-18-11-16(22(30)33-3)10-17(12-18)23(31)34-4/h5-8,10-13H,1,9,14H2,2-4H3,(H,25,29). The van der Waals surface area contributed by atoms with Gasteiger partial charge in [0, 0.05) is 17.8 Å². The number of carbonyl (C=O) groups is 3. The normalized spacial score (nSPS) is 10.4. The molecule has 0 aliphatic carbocycles. The first-order chi connectivity index (χ1) is 16.9. The molecular formula is C24H24N4O6S. The van der Waals surface area contributed by atoms with Crippen molar-refractivity contribution in [2.75, 3.05) is 32.4 Å². The number of hydrogen-bond acceptors (Lipinski definition) is 9. The van der Waals surface area contributed by atoms with Crippen LogP contribution in [0.2, 0.25) is 0 Å². The number of esters is 2. The molecule has 2 aromatic carbocycles. The van der Waals surface area contributed by atoms with Gasteiger partial charge in [-0.3, -0.25) is 9.36 Å². The molecule has 0 radical (unpaired) electrons. The van der Waals surface area contributed by atoms with Crippen LogP contribution in [0.25, 0.3) is 11.4 Å². The summed E-state index contributed by atoms with van der Waals surface area (Å²) in [6, 6.07) is 11.6. The zero-order chi connectivity index (χ0) is 25.4. The average Bonchev–Trinajstić information content (AvgIpc) is 3.28. The first-order valence-electron chi connectivity index (χ1n) is 10.3. The molecule has 3 aromatic rings. The number of rotatable bonds is 10. The fourth-order valence-electron chi connectivity index (χ4n) is 3.16. The van der Waals surface area contributed by atoms with Gasteiger partial charge in [0.25, 0.3) is 0 Å². The van der Waals surface area contributed by atoms with Gasteiger partial charge < -0.3 is 19.5 Å². The zero-order valence-electron chi connectivity index (χ0n) is 19.4. The maximum Gasteiger partial charge on any atom is 0.337 e. The van der Waals surface area contributed by atoms with Gasteiger partial charge in [-0.1, -0.05) is 30.0 Å². The van der Waals surface area contributed by atoms with E-state index in [2.05, 4.69) is 22.1 Å².